The summed E-state index contributed by atoms with van der Waals surface area (Å²) in [5.74, 6) is -0.431. The van der Waals surface area contributed by atoms with E-state index in [0.717, 1.165) is 6.07 Å². The molecular formula is C13H15FN4O3S. The van der Waals surface area contributed by atoms with E-state index in [1.54, 1.807) is 10.9 Å². The van der Waals surface area contributed by atoms with E-state index in [4.69, 9.17) is 5.11 Å². The average Bonchev–Trinajstić information content (AvgIpc) is 2.88. The van der Waals surface area contributed by atoms with E-state index >= 15 is 0 Å². The van der Waals surface area contributed by atoms with Crippen molar-refractivity contribution in [3.63, 3.8) is 0 Å². The monoisotopic (exact) mass is 326 g/mol. The summed E-state index contributed by atoms with van der Waals surface area (Å²) < 4.78 is 41.0. The first-order valence-electron chi connectivity index (χ1n) is 6.69. The van der Waals surface area contributed by atoms with Crippen LogP contribution in [0.4, 0.5) is 4.39 Å². The standard InChI is InChI=1S/C13H15FN4O3S/c1-9-4-12(2-3-13(9)14)22(20,21)17-6-11(7-17)18-5-10(8-19)15-16-18/h2-5,11,19H,6-8H2,1H3. The minimum atomic E-state index is -3.63. The topological polar surface area (TPSA) is 88.3 Å². The highest BCUT2D eigenvalue weighted by atomic mass is 32.2. The van der Waals surface area contributed by atoms with Gasteiger partial charge in [0.25, 0.3) is 0 Å². The number of aromatic nitrogens is 3. The Balaban J connectivity index is 1.74. The summed E-state index contributed by atoms with van der Waals surface area (Å²) in [5, 5.41) is 16.6. The highest BCUT2D eigenvalue weighted by Crippen LogP contribution is 2.28. The minimum Gasteiger partial charge on any atom is -0.390 e. The minimum absolute atomic E-state index is 0.0829. The Morgan fingerprint density at radius 2 is 2.14 bits per heavy atom. The number of nitrogens with zero attached hydrogens (tertiary/aromatic N) is 4. The molecule has 0 radical (unpaired) electrons. The molecule has 0 aliphatic carbocycles. The van der Waals surface area contributed by atoms with Gasteiger partial charge in [-0.25, -0.2) is 17.5 Å². The molecule has 3 rings (SSSR count). The number of halogens is 1. The van der Waals surface area contributed by atoms with Crippen LogP contribution in [0.3, 0.4) is 0 Å². The number of aliphatic hydroxyl groups excluding tert-OH is 1. The van der Waals surface area contributed by atoms with Gasteiger partial charge in [-0.1, -0.05) is 5.21 Å². The summed E-state index contributed by atoms with van der Waals surface area (Å²) >= 11 is 0. The van der Waals surface area contributed by atoms with E-state index in [9.17, 15) is 12.8 Å². The molecule has 22 heavy (non-hydrogen) atoms. The van der Waals surface area contributed by atoms with Crippen LogP contribution in [-0.4, -0.2) is 45.9 Å². The third kappa shape index (κ3) is 2.51. The van der Waals surface area contributed by atoms with Gasteiger partial charge >= 0.3 is 0 Å². The Morgan fingerprint density at radius 1 is 1.41 bits per heavy atom. The maximum atomic E-state index is 13.3. The fourth-order valence-corrected chi connectivity index (χ4v) is 3.87. The lowest BCUT2D eigenvalue weighted by atomic mass is 10.2. The molecule has 2 aromatic rings. The molecule has 2 heterocycles. The second-order valence-corrected chi connectivity index (χ2v) is 7.17. The molecule has 0 saturated carbocycles. The van der Waals surface area contributed by atoms with Gasteiger partial charge in [-0.2, -0.15) is 4.31 Å². The smallest absolute Gasteiger partial charge is 0.243 e. The van der Waals surface area contributed by atoms with E-state index in [1.165, 1.54) is 23.4 Å². The van der Waals surface area contributed by atoms with E-state index in [2.05, 4.69) is 10.3 Å². The largest absolute Gasteiger partial charge is 0.390 e. The van der Waals surface area contributed by atoms with E-state index in [0.29, 0.717) is 11.3 Å². The average molecular weight is 326 g/mol. The predicted octanol–water partition coefficient (Wildman–Crippen LogP) is 0.464. The van der Waals surface area contributed by atoms with Gasteiger partial charge in [0.15, 0.2) is 0 Å². The van der Waals surface area contributed by atoms with Crippen LogP contribution in [0.1, 0.15) is 17.3 Å². The zero-order valence-electron chi connectivity index (χ0n) is 11.8. The van der Waals surface area contributed by atoms with Gasteiger partial charge in [-0.05, 0) is 30.7 Å². The summed E-state index contributed by atoms with van der Waals surface area (Å²) in [7, 11) is -3.63. The second kappa shape index (κ2) is 5.41. The van der Waals surface area contributed by atoms with Gasteiger partial charge in [0.1, 0.15) is 11.5 Å². The Bertz CT molecular complexity index is 799. The summed E-state index contributed by atoms with van der Waals surface area (Å²) in [4.78, 5) is 0.0829. The molecule has 1 aromatic carbocycles. The predicted molar refractivity (Wildman–Crippen MR) is 74.9 cm³/mol. The van der Waals surface area contributed by atoms with Crippen molar-refractivity contribution in [1.82, 2.24) is 19.3 Å². The summed E-state index contributed by atoms with van der Waals surface area (Å²) in [5.41, 5.74) is 0.734. The van der Waals surface area contributed by atoms with Crippen LogP contribution in [0.2, 0.25) is 0 Å². The van der Waals surface area contributed by atoms with Crippen LogP contribution < -0.4 is 0 Å². The van der Waals surface area contributed by atoms with Crippen LogP contribution >= 0.6 is 0 Å². The number of rotatable bonds is 4. The van der Waals surface area contributed by atoms with Gasteiger partial charge in [-0.15, -0.1) is 5.10 Å². The number of hydrogen-bond donors (Lipinski definition) is 1. The molecule has 0 spiro atoms. The van der Waals surface area contributed by atoms with E-state index in [-0.39, 0.29) is 30.6 Å². The number of aliphatic hydroxyl groups is 1. The van der Waals surface area contributed by atoms with Crippen molar-refractivity contribution in [1.29, 1.82) is 0 Å². The Morgan fingerprint density at radius 3 is 2.73 bits per heavy atom. The van der Waals surface area contributed by atoms with Crippen molar-refractivity contribution in [2.45, 2.75) is 24.5 Å². The summed E-state index contributed by atoms with van der Waals surface area (Å²) in [6.45, 7) is 1.86. The lowest BCUT2D eigenvalue weighted by Crippen LogP contribution is -2.50. The maximum Gasteiger partial charge on any atom is 0.243 e. The lowest BCUT2D eigenvalue weighted by molar-refractivity contribution is 0.188. The maximum absolute atomic E-state index is 13.3. The molecular weight excluding hydrogens is 311 g/mol. The van der Waals surface area contributed by atoms with Crippen molar-refractivity contribution in [2.24, 2.45) is 0 Å². The molecule has 0 amide bonds. The van der Waals surface area contributed by atoms with E-state index in [1.807, 2.05) is 0 Å². The van der Waals surface area contributed by atoms with Crippen LogP contribution in [0, 0.1) is 12.7 Å². The first-order valence-corrected chi connectivity index (χ1v) is 8.13. The quantitative estimate of drug-likeness (QED) is 0.882. The molecule has 1 aromatic heterocycles. The van der Waals surface area contributed by atoms with Crippen LogP contribution in [0.5, 0.6) is 0 Å². The Hall–Kier alpha value is -1.84. The second-order valence-electron chi connectivity index (χ2n) is 5.23. The molecule has 7 nitrogen and oxygen atoms in total. The number of hydrogen-bond acceptors (Lipinski definition) is 5. The number of benzene rings is 1. The normalized spacial score (nSPS) is 16.7. The Labute approximate surface area is 127 Å². The number of aryl methyl sites for hydroxylation is 1. The SMILES string of the molecule is Cc1cc(S(=O)(=O)N2CC(n3cc(CO)nn3)C2)ccc1F. The van der Waals surface area contributed by atoms with Gasteiger partial charge < -0.3 is 5.11 Å². The molecule has 0 atom stereocenters. The van der Waals surface area contributed by atoms with Crippen molar-refractivity contribution < 1.29 is 17.9 Å². The van der Waals surface area contributed by atoms with Gasteiger partial charge in [0, 0.05) is 13.1 Å². The van der Waals surface area contributed by atoms with Crippen molar-refractivity contribution in [3.8, 4) is 0 Å². The third-order valence-corrected chi connectivity index (χ3v) is 5.52. The molecule has 1 saturated heterocycles. The zero-order chi connectivity index (χ0) is 15.9. The van der Waals surface area contributed by atoms with Gasteiger partial charge in [0.2, 0.25) is 10.0 Å². The van der Waals surface area contributed by atoms with Crippen LogP contribution in [0.15, 0.2) is 29.3 Å². The zero-order valence-corrected chi connectivity index (χ0v) is 12.7. The molecule has 1 aliphatic rings. The van der Waals surface area contributed by atoms with Gasteiger partial charge in [0.05, 0.1) is 23.7 Å². The fraction of sp³-hybridized carbons (Fsp3) is 0.385. The lowest BCUT2D eigenvalue weighted by Gasteiger charge is -2.37. The van der Waals surface area contributed by atoms with Crippen molar-refractivity contribution in [3.05, 3.63) is 41.5 Å². The van der Waals surface area contributed by atoms with Crippen molar-refractivity contribution >= 4 is 10.0 Å². The first-order chi connectivity index (χ1) is 10.4. The van der Waals surface area contributed by atoms with Crippen LogP contribution in [0.25, 0.3) is 0 Å². The summed E-state index contributed by atoms with van der Waals surface area (Å²) in [6, 6.07) is 3.65. The molecule has 118 valence electrons. The van der Waals surface area contributed by atoms with E-state index < -0.39 is 15.8 Å². The third-order valence-electron chi connectivity index (χ3n) is 3.69. The van der Waals surface area contributed by atoms with Crippen LogP contribution in [-0.2, 0) is 16.6 Å². The molecule has 1 aliphatic heterocycles. The molecule has 1 N–H and O–H groups in total. The molecule has 0 unspecified atom stereocenters. The molecule has 0 bridgehead atoms. The molecule has 9 heteroatoms. The highest BCUT2D eigenvalue weighted by molar-refractivity contribution is 7.89. The number of sulfonamides is 1. The van der Waals surface area contributed by atoms with Gasteiger partial charge in [-0.3, -0.25) is 0 Å². The summed E-state index contributed by atoms with van der Waals surface area (Å²) in [6.07, 6.45) is 1.59. The Kier molecular flexibility index (Phi) is 3.71. The molecule has 1 fully saturated rings. The van der Waals surface area contributed by atoms with Crippen molar-refractivity contribution in [2.75, 3.05) is 13.1 Å². The first kappa shape index (κ1) is 15.1. The highest BCUT2D eigenvalue weighted by Gasteiger charge is 2.38. The fourth-order valence-electron chi connectivity index (χ4n) is 2.27.